The minimum absolute atomic E-state index is 0.228. The van der Waals surface area contributed by atoms with E-state index in [1.54, 1.807) is 7.11 Å². The average Bonchev–Trinajstić information content (AvgIpc) is 2.35. The molecule has 3 heteroatoms. The first-order chi connectivity index (χ1) is 7.76. The highest BCUT2D eigenvalue weighted by atomic mass is 16.5. The molecule has 0 fully saturated rings. The predicted molar refractivity (Wildman–Crippen MR) is 63.5 cm³/mol. The molecule has 1 aromatic rings. The summed E-state index contributed by atoms with van der Waals surface area (Å²) >= 11 is 0. The Morgan fingerprint density at radius 2 is 1.94 bits per heavy atom. The van der Waals surface area contributed by atoms with Crippen molar-refractivity contribution in [2.45, 2.75) is 20.0 Å². The maximum Gasteiger partial charge on any atom is 0.118 e. The maximum absolute atomic E-state index is 8.84. The van der Waals surface area contributed by atoms with Gasteiger partial charge in [-0.05, 0) is 30.0 Å². The summed E-state index contributed by atoms with van der Waals surface area (Å²) in [7, 11) is 1.65. The van der Waals surface area contributed by atoms with Gasteiger partial charge in [0.25, 0.3) is 0 Å². The van der Waals surface area contributed by atoms with Gasteiger partial charge in [0.05, 0.1) is 13.7 Å². The highest BCUT2D eigenvalue weighted by Gasteiger charge is 2.00. The van der Waals surface area contributed by atoms with Gasteiger partial charge in [-0.15, -0.1) is 0 Å². The van der Waals surface area contributed by atoms with E-state index >= 15 is 0 Å². The fraction of sp³-hybridized carbons (Fsp3) is 0.538. The van der Waals surface area contributed by atoms with E-state index in [4.69, 9.17) is 14.6 Å². The molecule has 0 amide bonds. The first-order valence-corrected chi connectivity index (χ1v) is 5.57. The largest absolute Gasteiger partial charge is 0.497 e. The van der Waals surface area contributed by atoms with E-state index in [-0.39, 0.29) is 6.61 Å². The van der Waals surface area contributed by atoms with Crippen LogP contribution in [0.1, 0.15) is 18.9 Å². The third-order valence-electron chi connectivity index (χ3n) is 2.49. The van der Waals surface area contributed by atoms with Crippen LogP contribution in [0.15, 0.2) is 24.3 Å². The first-order valence-electron chi connectivity index (χ1n) is 5.57. The second-order valence-corrected chi connectivity index (χ2v) is 3.98. The molecule has 0 aromatic heterocycles. The molecule has 0 heterocycles. The number of benzene rings is 1. The van der Waals surface area contributed by atoms with Gasteiger partial charge in [0.2, 0.25) is 0 Å². The minimum Gasteiger partial charge on any atom is -0.497 e. The van der Waals surface area contributed by atoms with E-state index < -0.39 is 0 Å². The van der Waals surface area contributed by atoms with Gasteiger partial charge in [-0.25, -0.2) is 0 Å². The van der Waals surface area contributed by atoms with Gasteiger partial charge < -0.3 is 14.6 Å². The molecule has 1 atom stereocenters. The summed E-state index contributed by atoms with van der Waals surface area (Å²) in [6.07, 6.45) is 0.895. The summed E-state index contributed by atoms with van der Waals surface area (Å²) in [6.45, 7) is 3.54. The van der Waals surface area contributed by atoms with Gasteiger partial charge in [0.1, 0.15) is 5.75 Å². The minimum atomic E-state index is 0.228. The van der Waals surface area contributed by atoms with Crippen LogP contribution >= 0.6 is 0 Å². The first kappa shape index (κ1) is 13.0. The fourth-order valence-corrected chi connectivity index (χ4v) is 1.29. The van der Waals surface area contributed by atoms with E-state index in [1.165, 1.54) is 0 Å². The topological polar surface area (TPSA) is 38.7 Å². The quantitative estimate of drug-likeness (QED) is 0.722. The lowest BCUT2D eigenvalue weighted by Gasteiger charge is -2.08. The Kier molecular flexibility index (Phi) is 5.90. The van der Waals surface area contributed by atoms with Crippen molar-refractivity contribution in [1.82, 2.24) is 0 Å². The molecule has 1 aromatic carbocycles. The van der Waals surface area contributed by atoms with Crippen LogP contribution in [-0.2, 0) is 11.3 Å². The Morgan fingerprint density at radius 3 is 2.50 bits per heavy atom. The number of rotatable bonds is 7. The van der Waals surface area contributed by atoms with Gasteiger partial charge in [0, 0.05) is 13.2 Å². The molecule has 0 aliphatic heterocycles. The van der Waals surface area contributed by atoms with Crippen molar-refractivity contribution in [2.24, 2.45) is 5.92 Å². The van der Waals surface area contributed by atoms with E-state index in [2.05, 4.69) is 0 Å². The van der Waals surface area contributed by atoms with Gasteiger partial charge in [-0.1, -0.05) is 19.1 Å². The SMILES string of the molecule is COc1ccc(COCC[C@@H](C)CO)cc1. The molecule has 0 spiro atoms. The van der Waals surface area contributed by atoms with Gasteiger partial charge in [-0.2, -0.15) is 0 Å². The van der Waals surface area contributed by atoms with Gasteiger partial charge >= 0.3 is 0 Å². The maximum atomic E-state index is 8.84. The average molecular weight is 224 g/mol. The molecule has 90 valence electrons. The second-order valence-electron chi connectivity index (χ2n) is 3.98. The molecule has 0 aliphatic carbocycles. The fourth-order valence-electron chi connectivity index (χ4n) is 1.29. The summed E-state index contributed by atoms with van der Waals surface area (Å²) in [4.78, 5) is 0. The molecule has 0 radical (unpaired) electrons. The Morgan fingerprint density at radius 1 is 1.25 bits per heavy atom. The molecule has 1 N–H and O–H groups in total. The number of hydrogen-bond acceptors (Lipinski definition) is 3. The zero-order valence-electron chi connectivity index (χ0n) is 9.98. The summed E-state index contributed by atoms with van der Waals surface area (Å²) < 4.78 is 10.6. The van der Waals surface area contributed by atoms with E-state index in [0.717, 1.165) is 17.7 Å². The Bertz CT molecular complexity index is 282. The number of aliphatic hydroxyl groups excluding tert-OH is 1. The smallest absolute Gasteiger partial charge is 0.118 e. The van der Waals surface area contributed by atoms with E-state index in [0.29, 0.717) is 19.1 Å². The molecule has 1 rings (SSSR count). The molecule has 0 saturated heterocycles. The molecule has 0 aliphatic rings. The van der Waals surface area contributed by atoms with Crippen LogP contribution in [0.2, 0.25) is 0 Å². The van der Waals surface area contributed by atoms with Crippen molar-refractivity contribution < 1.29 is 14.6 Å². The molecule has 0 unspecified atom stereocenters. The highest BCUT2D eigenvalue weighted by molar-refractivity contribution is 5.26. The van der Waals surface area contributed by atoms with Crippen molar-refractivity contribution in [3.63, 3.8) is 0 Å². The predicted octanol–water partition coefficient (Wildman–Crippen LogP) is 2.23. The number of ether oxygens (including phenoxy) is 2. The van der Waals surface area contributed by atoms with E-state index in [9.17, 15) is 0 Å². The summed E-state index contributed by atoms with van der Waals surface area (Å²) in [5.74, 6) is 1.17. The van der Waals surface area contributed by atoms with Crippen LogP contribution in [0.4, 0.5) is 0 Å². The normalized spacial score (nSPS) is 12.4. The molecule has 0 saturated carbocycles. The van der Waals surface area contributed by atoms with E-state index in [1.807, 2.05) is 31.2 Å². The lowest BCUT2D eigenvalue weighted by Crippen LogP contribution is -2.05. The van der Waals surface area contributed by atoms with Crippen molar-refractivity contribution in [3.05, 3.63) is 29.8 Å². The Labute approximate surface area is 97.0 Å². The lowest BCUT2D eigenvalue weighted by molar-refractivity contribution is 0.0985. The zero-order chi connectivity index (χ0) is 11.8. The zero-order valence-corrected chi connectivity index (χ0v) is 9.98. The van der Waals surface area contributed by atoms with Crippen LogP contribution < -0.4 is 4.74 Å². The molecule has 0 bridgehead atoms. The van der Waals surface area contributed by atoms with Crippen molar-refractivity contribution in [3.8, 4) is 5.75 Å². The van der Waals surface area contributed by atoms with Crippen LogP contribution in [-0.4, -0.2) is 25.4 Å². The molecule has 3 nitrogen and oxygen atoms in total. The second kappa shape index (κ2) is 7.25. The summed E-state index contributed by atoms with van der Waals surface area (Å²) in [5.41, 5.74) is 1.14. The van der Waals surface area contributed by atoms with Crippen molar-refractivity contribution in [1.29, 1.82) is 0 Å². The third kappa shape index (κ3) is 4.64. The van der Waals surface area contributed by atoms with Crippen LogP contribution in [0.5, 0.6) is 5.75 Å². The Hall–Kier alpha value is -1.06. The lowest BCUT2D eigenvalue weighted by atomic mass is 10.1. The summed E-state index contributed by atoms with van der Waals surface area (Å²) in [6, 6.07) is 7.84. The molecular weight excluding hydrogens is 204 g/mol. The van der Waals surface area contributed by atoms with Gasteiger partial charge in [0.15, 0.2) is 0 Å². The van der Waals surface area contributed by atoms with Crippen LogP contribution in [0.3, 0.4) is 0 Å². The van der Waals surface area contributed by atoms with Gasteiger partial charge in [-0.3, -0.25) is 0 Å². The number of hydrogen-bond donors (Lipinski definition) is 1. The number of methoxy groups -OCH3 is 1. The third-order valence-corrected chi connectivity index (χ3v) is 2.49. The standard InChI is InChI=1S/C13H20O3/c1-11(9-14)7-8-16-10-12-3-5-13(15-2)6-4-12/h3-6,11,14H,7-10H2,1-2H3/t11-/m1/s1. The molecular formula is C13H20O3. The van der Waals surface area contributed by atoms with Crippen LogP contribution in [0.25, 0.3) is 0 Å². The molecule has 16 heavy (non-hydrogen) atoms. The number of aliphatic hydroxyl groups is 1. The monoisotopic (exact) mass is 224 g/mol. The van der Waals surface area contributed by atoms with Crippen molar-refractivity contribution in [2.75, 3.05) is 20.3 Å². The van der Waals surface area contributed by atoms with Crippen LogP contribution in [0, 0.1) is 5.92 Å². The Balaban J connectivity index is 2.21. The summed E-state index contributed by atoms with van der Waals surface area (Å²) in [5, 5.41) is 8.84. The van der Waals surface area contributed by atoms with Crippen molar-refractivity contribution >= 4 is 0 Å². The highest BCUT2D eigenvalue weighted by Crippen LogP contribution is 2.12.